The molecule has 0 bridgehead atoms. The van der Waals surface area contributed by atoms with Gasteiger partial charge in [0.2, 0.25) is 5.91 Å². The molecule has 0 aromatic carbocycles. The normalized spacial score (nSPS) is 10.0. The largest absolute Gasteiger partial charge is 0.320 e. The highest BCUT2D eigenvalue weighted by Gasteiger charge is 2.08. The molecule has 15 heavy (non-hydrogen) atoms. The smallest absolute Gasteiger partial charge is 0.246 e. The Morgan fingerprint density at radius 1 is 1.40 bits per heavy atom. The molecule has 1 amide bonds. The fraction of sp³-hybridized carbons (Fsp3) is 0.800. The Balaban J connectivity index is 3.42. The van der Waals surface area contributed by atoms with Gasteiger partial charge >= 0.3 is 0 Å². The Kier molecular flexibility index (Phi) is 9.01. The highest BCUT2D eigenvalue weighted by atomic mass is 16.5. The summed E-state index contributed by atoms with van der Waals surface area (Å²) in [6.07, 6.45) is 3.74. The van der Waals surface area contributed by atoms with Gasteiger partial charge in [-0.2, -0.15) is 0 Å². The Hall–Kier alpha value is -0.940. The van der Waals surface area contributed by atoms with Crippen LogP contribution < -0.4 is 5.32 Å². The minimum absolute atomic E-state index is 0.0938. The number of rotatable bonds is 9. The lowest BCUT2D eigenvalue weighted by molar-refractivity contribution is -0.165. The van der Waals surface area contributed by atoms with Gasteiger partial charge in [0.05, 0.1) is 0 Å². The summed E-state index contributed by atoms with van der Waals surface area (Å²) in [5, 5.41) is 13.0. The van der Waals surface area contributed by atoms with Gasteiger partial charge in [-0.15, -0.1) is 0 Å². The number of amides is 1. The maximum Gasteiger partial charge on any atom is 0.246 e. The van der Waals surface area contributed by atoms with Gasteiger partial charge in [-0.1, -0.05) is 6.42 Å². The van der Waals surface area contributed by atoms with Crippen molar-refractivity contribution in [3.63, 3.8) is 0 Å². The van der Waals surface area contributed by atoms with E-state index < -0.39 is 0 Å². The maximum absolute atomic E-state index is 11.1. The van der Waals surface area contributed by atoms with Gasteiger partial charge in [0.15, 0.2) is 0 Å². The van der Waals surface area contributed by atoms with Crippen molar-refractivity contribution in [3.05, 3.63) is 0 Å². The molecule has 0 aliphatic rings. The summed E-state index contributed by atoms with van der Waals surface area (Å²) in [6.45, 7) is 1.30. The van der Waals surface area contributed by atoms with E-state index in [1.165, 1.54) is 0 Å². The van der Waals surface area contributed by atoms with E-state index >= 15 is 0 Å². The first-order valence-electron chi connectivity index (χ1n) is 5.30. The maximum atomic E-state index is 11.1. The van der Waals surface area contributed by atoms with Gasteiger partial charge < -0.3 is 10.1 Å². The zero-order chi connectivity index (χ0) is 11.5. The lowest BCUT2D eigenvalue weighted by Gasteiger charge is -2.13. The van der Waals surface area contributed by atoms with Crippen molar-refractivity contribution >= 4 is 12.2 Å². The summed E-state index contributed by atoms with van der Waals surface area (Å²) in [5.41, 5.74) is 0. The van der Waals surface area contributed by atoms with Crippen LogP contribution in [0.4, 0.5) is 0 Å². The Bertz CT molecular complexity index is 186. The van der Waals surface area contributed by atoms with Crippen molar-refractivity contribution in [2.24, 2.45) is 0 Å². The van der Waals surface area contributed by atoms with Gasteiger partial charge in [0.1, 0.15) is 6.29 Å². The predicted molar refractivity (Wildman–Crippen MR) is 56.6 cm³/mol. The summed E-state index contributed by atoms with van der Waals surface area (Å²) in [7, 11) is 1.89. The van der Waals surface area contributed by atoms with Crippen molar-refractivity contribution in [3.8, 4) is 0 Å². The third-order valence-electron chi connectivity index (χ3n) is 2.06. The van der Waals surface area contributed by atoms with E-state index in [9.17, 15) is 14.8 Å². The topological polar surface area (TPSA) is 69.6 Å². The van der Waals surface area contributed by atoms with E-state index in [2.05, 4.69) is 5.32 Å². The summed E-state index contributed by atoms with van der Waals surface area (Å²) in [4.78, 5) is 21.1. The van der Waals surface area contributed by atoms with Gasteiger partial charge in [0, 0.05) is 19.4 Å². The Labute approximate surface area is 90.4 Å². The molecular formula is C10H20N2O3. The van der Waals surface area contributed by atoms with E-state index in [1.54, 1.807) is 0 Å². The van der Waals surface area contributed by atoms with Crippen LogP contribution in [0.25, 0.3) is 0 Å². The number of nitrogens with one attached hydrogen (secondary N) is 1. The van der Waals surface area contributed by atoms with Crippen LogP contribution in [0.3, 0.4) is 0 Å². The molecule has 88 valence electrons. The monoisotopic (exact) mass is 216 g/mol. The molecule has 0 saturated heterocycles. The number of aldehydes is 1. The second-order valence-corrected chi connectivity index (χ2v) is 3.39. The number of unbranched alkanes of at least 4 members (excludes halogenated alkanes) is 2. The van der Waals surface area contributed by atoms with Crippen LogP contribution >= 0.6 is 0 Å². The predicted octanol–water partition coefficient (Wildman–Crippen LogP) is 0.573. The molecule has 5 heteroatoms. The lowest BCUT2D eigenvalue weighted by atomic mass is 10.2. The summed E-state index contributed by atoms with van der Waals surface area (Å²) in [6, 6.07) is 0. The number of hydroxylamine groups is 2. The van der Waals surface area contributed by atoms with Gasteiger partial charge in [0.25, 0.3) is 0 Å². The van der Waals surface area contributed by atoms with Gasteiger partial charge in [-0.05, 0) is 26.4 Å². The van der Waals surface area contributed by atoms with E-state index in [1.807, 2.05) is 7.05 Å². The van der Waals surface area contributed by atoms with Crippen molar-refractivity contribution in [1.29, 1.82) is 0 Å². The molecule has 0 fully saturated rings. The standard InChI is InChI=1S/C10H20N2O3/c1-11-7-3-2-4-8-12(15)10(14)6-5-9-13/h9,11,15H,2-8H2,1H3. The number of hydrogen-bond acceptors (Lipinski definition) is 4. The van der Waals surface area contributed by atoms with Crippen LogP contribution in [-0.4, -0.2) is 42.6 Å². The molecule has 0 radical (unpaired) electrons. The zero-order valence-corrected chi connectivity index (χ0v) is 9.24. The van der Waals surface area contributed by atoms with E-state index in [0.29, 0.717) is 17.9 Å². The quantitative estimate of drug-likeness (QED) is 0.256. The molecule has 0 aliphatic carbocycles. The second-order valence-electron chi connectivity index (χ2n) is 3.39. The summed E-state index contributed by atoms with van der Waals surface area (Å²) >= 11 is 0. The highest BCUT2D eigenvalue weighted by molar-refractivity contribution is 5.77. The molecule has 5 nitrogen and oxygen atoms in total. The van der Waals surface area contributed by atoms with Crippen molar-refractivity contribution < 1.29 is 14.8 Å². The minimum Gasteiger partial charge on any atom is -0.320 e. The Morgan fingerprint density at radius 2 is 2.13 bits per heavy atom. The van der Waals surface area contributed by atoms with Crippen LogP contribution in [0.2, 0.25) is 0 Å². The van der Waals surface area contributed by atoms with Crippen molar-refractivity contribution in [2.75, 3.05) is 20.1 Å². The molecule has 0 spiro atoms. The van der Waals surface area contributed by atoms with Gasteiger partial charge in [-0.3, -0.25) is 10.0 Å². The first-order valence-corrected chi connectivity index (χ1v) is 5.30. The first-order chi connectivity index (χ1) is 7.22. The average molecular weight is 216 g/mol. The van der Waals surface area contributed by atoms with E-state index in [-0.39, 0.29) is 18.7 Å². The van der Waals surface area contributed by atoms with Crippen LogP contribution in [0.1, 0.15) is 32.1 Å². The highest BCUT2D eigenvalue weighted by Crippen LogP contribution is 1.99. The third-order valence-corrected chi connectivity index (χ3v) is 2.06. The van der Waals surface area contributed by atoms with Crippen LogP contribution in [0, 0.1) is 0 Å². The third kappa shape index (κ3) is 8.08. The van der Waals surface area contributed by atoms with Crippen molar-refractivity contribution in [2.45, 2.75) is 32.1 Å². The van der Waals surface area contributed by atoms with E-state index in [4.69, 9.17) is 0 Å². The lowest BCUT2D eigenvalue weighted by Crippen LogP contribution is -2.28. The average Bonchev–Trinajstić information content (AvgIpc) is 2.25. The summed E-state index contributed by atoms with van der Waals surface area (Å²) in [5.74, 6) is -0.379. The molecule has 0 aliphatic heterocycles. The SMILES string of the molecule is CNCCCCCN(O)C(=O)CCC=O. The fourth-order valence-corrected chi connectivity index (χ4v) is 1.18. The molecule has 0 heterocycles. The zero-order valence-electron chi connectivity index (χ0n) is 9.24. The molecule has 0 aromatic heterocycles. The number of nitrogens with zero attached hydrogens (tertiary/aromatic N) is 1. The number of carbonyl (C=O) groups is 2. The molecule has 0 saturated carbocycles. The summed E-state index contributed by atoms with van der Waals surface area (Å²) < 4.78 is 0. The molecule has 0 aromatic rings. The van der Waals surface area contributed by atoms with Crippen LogP contribution in [0.5, 0.6) is 0 Å². The van der Waals surface area contributed by atoms with Gasteiger partial charge in [-0.25, -0.2) is 5.06 Å². The molecular weight excluding hydrogens is 196 g/mol. The van der Waals surface area contributed by atoms with Crippen LogP contribution in [0.15, 0.2) is 0 Å². The second kappa shape index (κ2) is 9.61. The first kappa shape index (κ1) is 14.1. The molecule has 0 rings (SSSR count). The van der Waals surface area contributed by atoms with E-state index in [0.717, 1.165) is 25.8 Å². The molecule has 0 atom stereocenters. The Morgan fingerprint density at radius 3 is 2.73 bits per heavy atom. The van der Waals surface area contributed by atoms with Crippen molar-refractivity contribution in [1.82, 2.24) is 10.4 Å². The molecule has 2 N–H and O–H groups in total. The minimum atomic E-state index is -0.379. The number of carbonyl (C=O) groups excluding carboxylic acids is 2. The number of hydrogen-bond donors (Lipinski definition) is 2. The molecule has 0 unspecified atom stereocenters. The fourth-order valence-electron chi connectivity index (χ4n) is 1.18. The van der Waals surface area contributed by atoms with Crippen LogP contribution in [-0.2, 0) is 9.59 Å².